The molecule has 0 saturated carbocycles. The second-order valence-corrected chi connectivity index (χ2v) is 8.85. The highest BCUT2D eigenvalue weighted by Gasteiger charge is 2.23. The maximum atomic E-state index is 14.6. The van der Waals surface area contributed by atoms with Crippen molar-refractivity contribution in [3.63, 3.8) is 0 Å². The number of nitrogens with two attached hydrogens (primary N) is 2. The molecule has 38 heavy (non-hydrogen) atoms. The molecular formula is C27H28FN7O3. The van der Waals surface area contributed by atoms with Gasteiger partial charge in [0.2, 0.25) is 5.82 Å². The van der Waals surface area contributed by atoms with E-state index in [1.54, 1.807) is 42.7 Å². The lowest BCUT2D eigenvalue weighted by Gasteiger charge is -2.31. The van der Waals surface area contributed by atoms with Crippen LogP contribution in [0.25, 0.3) is 22.8 Å². The number of hydrazine groups is 1. The number of benzene rings is 2. The van der Waals surface area contributed by atoms with Gasteiger partial charge in [-0.3, -0.25) is 14.9 Å². The fourth-order valence-electron chi connectivity index (χ4n) is 4.31. The van der Waals surface area contributed by atoms with Gasteiger partial charge in [0.25, 0.3) is 5.89 Å². The van der Waals surface area contributed by atoms with E-state index >= 15 is 0 Å². The first-order chi connectivity index (χ1) is 18.5. The molecule has 1 fully saturated rings. The lowest BCUT2D eigenvalue weighted by molar-refractivity contribution is -0.0551. The van der Waals surface area contributed by atoms with Gasteiger partial charge in [0, 0.05) is 43.2 Å². The predicted molar refractivity (Wildman–Crippen MR) is 140 cm³/mol. The third-order valence-electron chi connectivity index (χ3n) is 6.26. The molecule has 10 nitrogen and oxygen atoms in total. The standard InChI is InChI=1S/C27H28FN7O3/c28-22-3-1-2-4-23(22)35(30)25(19-9-11-31-12-10-19)24(29)27-32-26(33-38-27)20-7-5-18(6-8-20)15-34-13-14-37-21(16-34)17-36/h1-12,21,36H,13-17,29-30H2/b25-24-. The Morgan fingerprint density at radius 3 is 2.61 bits per heavy atom. The fourth-order valence-corrected chi connectivity index (χ4v) is 4.31. The van der Waals surface area contributed by atoms with E-state index in [0.717, 1.165) is 29.2 Å². The third kappa shape index (κ3) is 5.55. The van der Waals surface area contributed by atoms with Gasteiger partial charge in [-0.05, 0) is 29.8 Å². The normalized spacial score (nSPS) is 16.8. The van der Waals surface area contributed by atoms with E-state index in [4.69, 9.17) is 20.8 Å². The number of ether oxygens (including phenoxy) is 1. The quantitative estimate of drug-likeness (QED) is 0.236. The third-order valence-corrected chi connectivity index (χ3v) is 6.26. The topological polar surface area (TPSA) is 140 Å². The molecule has 11 heteroatoms. The van der Waals surface area contributed by atoms with E-state index < -0.39 is 5.82 Å². The molecular weight excluding hydrogens is 489 g/mol. The van der Waals surface area contributed by atoms with Gasteiger partial charge in [-0.2, -0.15) is 4.98 Å². The lowest BCUT2D eigenvalue weighted by Crippen LogP contribution is -2.43. The van der Waals surface area contributed by atoms with Crippen LogP contribution in [-0.2, 0) is 11.3 Å². The van der Waals surface area contributed by atoms with Crippen LogP contribution in [-0.4, -0.2) is 57.5 Å². The van der Waals surface area contributed by atoms with Crippen molar-refractivity contribution in [2.45, 2.75) is 12.6 Å². The maximum absolute atomic E-state index is 14.6. The van der Waals surface area contributed by atoms with Crippen LogP contribution in [0, 0.1) is 5.82 Å². The Kier molecular flexibility index (Phi) is 7.70. The zero-order valence-corrected chi connectivity index (χ0v) is 20.6. The Labute approximate surface area is 218 Å². The predicted octanol–water partition coefficient (Wildman–Crippen LogP) is 2.63. The maximum Gasteiger partial charge on any atom is 0.276 e. The zero-order chi connectivity index (χ0) is 26.5. The first-order valence-corrected chi connectivity index (χ1v) is 12.1. The summed E-state index contributed by atoms with van der Waals surface area (Å²) in [5, 5.41) is 14.6. The molecule has 1 unspecified atom stereocenters. The van der Waals surface area contributed by atoms with Gasteiger partial charge in [-0.1, -0.05) is 41.6 Å². The summed E-state index contributed by atoms with van der Waals surface area (Å²) in [5.74, 6) is 6.25. The molecule has 0 bridgehead atoms. The largest absolute Gasteiger partial charge is 0.394 e. The van der Waals surface area contributed by atoms with Crippen LogP contribution in [0.1, 0.15) is 17.0 Å². The first kappa shape index (κ1) is 25.5. The van der Waals surface area contributed by atoms with E-state index in [1.807, 2.05) is 24.3 Å². The second-order valence-electron chi connectivity index (χ2n) is 8.85. The number of pyridine rings is 1. The van der Waals surface area contributed by atoms with Crippen molar-refractivity contribution in [2.24, 2.45) is 11.6 Å². The molecule has 1 aliphatic rings. The van der Waals surface area contributed by atoms with E-state index in [-0.39, 0.29) is 35.7 Å². The van der Waals surface area contributed by atoms with Crippen LogP contribution in [0.4, 0.5) is 10.1 Å². The molecule has 1 saturated heterocycles. The molecule has 4 aromatic rings. The minimum absolute atomic E-state index is 0.0122. The minimum Gasteiger partial charge on any atom is -0.394 e. The lowest BCUT2D eigenvalue weighted by atomic mass is 10.1. The van der Waals surface area contributed by atoms with Crippen molar-refractivity contribution >= 4 is 17.1 Å². The van der Waals surface area contributed by atoms with Gasteiger partial charge in [-0.25, -0.2) is 10.2 Å². The summed E-state index contributed by atoms with van der Waals surface area (Å²) in [7, 11) is 0. The highest BCUT2D eigenvalue weighted by Crippen LogP contribution is 2.30. The van der Waals surface area contributed by atoms with Crippen molar-refractivity contribution in [3.8, 4) is 11.4 Å². The number of aliphatic hydroxyl groups excluding tert-OH is 1. The Hall–Kier alpha value is -4.16. The number of hydrogen-bond acceptors (Lipinski definition) is 10. The number of halogens is 1. The Bertz CT molecular complexity index is 1400. The smallest absolute Gasteiger partial charge is 0.276 e. The fraction of sp³-hybridized carbons (Fsp3) is 0.222. The monoisotopic (exact) mass is 517 g/mol. The van der Waals surface area contributed by atoms with Crippen LogP contribution < -0.4 is 16.6 Å². The Balaban J connectivity index is 1.40. The number of nitrogens with zero attached hydrogens (tertiary/aromatic N) is 5. The number of hydrogen-bond donors (Lipinski definition) is 3. The summed E-state index contributed by atoms with van der Waals surface area (Å²) in [6.45, 7) is 2.84. The number of aromatic nitrogens is 3. The van der Waals surface area contributed by atoms with Gasteiger partial charge < -0.3 is 20.1 Å². The van der Waals surface area contributed by atoms with E-state index in [9.17, 15) is 9.50 Å². The molecule has 2 aromatic carbocycles. The number of morpholine rings is 1. The average Bonchev–Trinajstić information content (AvgIpc) is 3.45. The Morgan fingerprint density at radius 1 is 1.11 bits per heavy atom. The van der Waals surface area contributed by atoms with Gasteiger partial charge in [-0.15, -0.1) is 0 Å². The number of anilines is 1. The number of aliphatic hydroxyl groups is 1. The molecule has 2 aromatic heterocycles. The first-order valence-electron chi connectivity index (χ1n) is 12.1. The van der Waals surface area contributed by atoms with Gasteiger partial charge in [0.1, 0.15) is 11.5 Å². The molecule has 5 N–H and O–H groups in total. The zero-order valence-electron chi connectivity index (χ0n) is 20.6. The van der Waals surface area contributed by atoms with Crippen LogP contribution in [0.3, 0.4) is 0 Å². The summed E-state index contributed by atoms with van der Waals surface area (Å²) in [6, 6.07) is 17.3. The molecule has 0 aliphatic carbocycles. The summed E-state index contributed by atoms with van der Waals surface area (Å²) in [5.41, 5.74) is 9.44. The summed E-state index contributed by atoms with van der Waals surface area (Å²) in [4.78, 5) is 10.8. The van der Waals surface area contributed by atoms with Crippen molar-refractivity contribution in [1.82, 2.24) is 20.0 Å². The molecule has 1 aliphatic heterocycles. The molecule has 0 amide bonds. The average molecular weight is 518 g/mol. The van der Waals surface area contributed by atoms with E-state index in [0.29, 0.717) is 24.5 Å². The van der Waals surface area contributed by atoms with Gasteiger partial charge in [0.05, 0.1) is 30.7 Å². The van der Waals surface area contributed by atoms with Gasteiger partial charge >= 0.3 is 0 Å². The number of rotatable bonds is 8. The van der Waals surface area contributed by atoms with Crippen LogP contribution in [0.15, 0.2) is 77.6 Å². The molecule has 0 spiro atoms. The number of para-hydroxylation sites is 1. The molecule has 3 heterocycles. The summed E-state index contributed by atoms with van der Waals surface area (Å²) >= 11 is 0. The van der Waals surface area contributed by atoms with E-state index in [1.165, 1.54) is 6.07 Å². The highest BCUT2D eigenvalue weighted by molar-refractivity contribution is 5.93. The second kappa shape index (κ2) is 11.5. The molecule has 1 atom stereocenters. The summed E-state index contributed by atoms with van der Waals surface area (Å²) in [6.07, 6.45) is 3.01. The molecule has 5 rings (SSSR count). The van der Waals surface area contributed by atoms with Crippen molar-refractivity contribution in [1.29, 1.82) is 0 Å². The molecule has 196 valence electrons. The molecule has 0 radical (unpaired) electrons. The van der Waals surface area contributed by atoms with Crippen molar-refractivity contribution in [2.75, 3.05) is 31.3 Å². The highest BCUT2D eigenvalue weighted by atomic mass is 19.1. The van der Waals surface area contributed by atoms with E-state index in [2.05, 4.69) is 20.0 Å². The van der Waals surface area contributed by atoms with Crippen molar-refractivity contribution < 1.29 is 18.8 Å². The van der Waals surface area contributed by atoms with Gasteiger partial charge in [0.15, 0.2) is 0 Å². The van der Waals surface area contributed by atoms with Crippen LogP contribution in [0.2, 0.25) is 0 Å². The van der Waals surface area contributed by atoms with Crippen molar-refractivity contribution in [3.05, 3.63) is 95.9 Å². The summed E-state index contributed by atoms with van der Waals surface area (Å²) < 4.78 is 25.6. The Morgan fingerprint density at radius 2 is 1.87 bits per heavy atom. The minimum atomic E-state index is -0.510. The van der Waals surface area contributed by atoms with Crippen LogP contribution in [0.5, 0.6) is 0 Å². The van der Waals surface area contributed by atoms with Crippen LogP contribution >= 0.6 is 0 Å². The SMILES string of the molecule is N/C(=C(/c1ccncc1)N(N)c1ccccc1F)c1nc(-c2ccc(CN3CCOC(CO)C3)cc2)no1.